The van der Waals surface area contributed by atoms with Crippen molar-refractivity contribution in [2.24, 2.45) is 0 Å². The van der Waals surface area contributed by atoms with Crippen molar-refractivity contribution in [3.05, 3.63) is 58.6 Å². The fourth-order valence-electron chi connectivity index (χ4n) is 2.00. The molecule has 0 heterocycles. The predicted molar refractivity (Wildman–Crippen MR) is 99.7 cm³/mol. The Kier molecular flexibility index (Phi) is 6.32. The lowest BCUT2D eigenvalue weighted by Crippen LogP contribution is -2.34. The van der Waals surface area contributed by atoms with Gasteiger partial charge in [0.15, 0.2) is 5.11 Å². The third-order valence-electron chi connectivity index (χ3n) is 3.09. The summed E-state index contributed by atoms with van der Waals surface area (Å²) in [6, 6.07) is 11.0. The first kappa shape index (κ1) is 18.7. The normalized spacial score (nSPS) is 10.0. The molecule has 0 aliphatic rings. The van der Waals surface area contributed by atoms with Gasteiger partial charge in [-0.1, -0.05) is 17.7 Å². The zero-order valence-corrected chi connectivity index (χ0v) is 14.8. The molecule has 0 spiro atoms. The molecule has 0 radical (unpaired) electrons. The predicted octanol–water partition coefficient (Wildman–Crippen LogP) is 3.56. The number of carbonyl (C=O) groups excluding carboxylic acids is 1. The van der Waals surface area contributed by atoms with Gasteiger partial charge in [-0.2, -0.15) is 0 Å². The van der Waals surface area contributed by atoms with Crippen molar-refractivity contribution in [3.63, 3.8) is 0 Å². The van der Waals surface area contributed by atoms with Crippen LogP contribution >= 0.6 is 23.8 Å². The molecule has 8 heteroatoms. The van der Waals surface area contributed by atoms with E-state index in [1.807, 2.05) is 6.92 Å². The van der Waals surface area contributed by atoms with Crippen LogP contribution < -0.4 is 15.4 Å². The molecule has 0 saturated carbocycles. The fourth-order valence-corrected chi connectivity index (χ4v) is 2.47. The summed E-state index contributed by atoms with van der Waals surface area (Å²) in [5.41, 5.74) is 0.840. The molecular weight excluding hydrogens is 364 g/mol. The quantitative estimate of drug-likeness (QED) is 0.689. The van der Waals surface area contributed by atoms with Gasteiger partial charge in [-0.3, -0.25) is 10.1 Å². The van der Waals surface area contributed by atoms with E-state index in [1.165, 1.54) is 18.2 Å². The van der Waals surface area contributed by atoms with Crippen molar-refractivity contribution in [3.8, 4) is 5.75 Å². The highest BCUT2D eigenvalue weighted by Crippen LogP contribution is 2.21. The van der Waals surface area contributed by atoms with Gasteiger partial charge in [-0.15, -0.1) is 0 Å². The molecule has 130 valence electrons. The van der Waals surface area contributed by atoms with Gasteiger partial charge in [0, 0.05) is 11.3 Å². The molecule has 6 nitrogen and oxygen atoms in total. The molecule has 0 bridgehead atoms. The van der Waals surface area contributed by atoms with Crippen LogP contribution in [-0.2, 0) is 0 Å². The van der Waals surface area contributed by atoms with Crippen LogP contribution in [0.2, 0.25) is 5.02 Å². The number of anilines is 1. The molecule has 0 saturated heterocycles. The Bertz CT molecular complexity index is 826. The van der Waals surface area contributed by atoms with E-state index in [9.17, 15) is 9.59 Å². The van der Waals surface area contributed by atoms with Gasteiger partial charge in [0.05, 0.1) is 17.2 Å². The first-order valence-corrected chi connectivity index (χ1v) is 8.07. The fraction of sp³-hybridized carbons (Fsp3) is 0.118. The van der Waals surface area contributed by atoms with Gasteiger partial charge in [-0.25, -0.2) is 4.79 Å². The number of carboxylic acids is 1. The number of rotatable bonds is 5. The topological polar surface area (TPSA) is 87.7 Å². The van der Waals surface area contributed by atoms with Crippen LogP contribution in [0.4, 0.5) is 5.69 Å². The van der Waals surface area contributed by atoms with Crippen LogP contribution in [0.15, 0.2) is 42.5 Å². The van der Waals surface area contributed by atoms with E-state index in [1.54, 1.807) is 24.3 Å². The second-order valence-electron chi connectivity index (χ2n) is 4.87. The smallest absolute Gasteiger partial charge is 0.337 e. The molecule has 2 aromatic carbocycles. The van der Waals surface area contributed by atoms with Crippen molar-refractivity contribution in [1.29, 1.82) is 0 Å². The van der Waals surface area contributed by atoms with Crippen LogP contribution in [0.3, 0.4) is 0 Å². The Hall–Kier alpha value is -2.64. The van der Waals surface area contributed by atoms with Crippen LogP contribution in [-0.4, -0.2) is 28.7 Å². The van der Waals surface area contributed by atoms with Gasteiger partial charge < -0.3 is 15.2 Å². The van der Waals surface area contributed by atoms with Gasteiger partial charge in [0.1, 0.15) is 5.75 Å². The summed E-state index contributed by atoms with van der Waals surface area (Å²) in [4.78, 5) is 23.1. The van der Waals surface area contributed by atoms with Crippen molar-refractivity contribution in [2.75, 3.05) is 11.9 Å². The number of hydrogen-bond donors (Lipinski definition) is 3. The Labute approximate surface area is 154 Å². The van der Waals surface area contributed by atoms with E-state index >= 15 is 0 Å². The lowest BCUT2D eigenvalue weighted by molar-refractivity contribution is 0.0697. The first-order chi connectivity index (χ1) is 11.9. The highest BCUT2D eigenvalue weighted by Gasteiger charge is 2.11. The highest BCUT2D eigenvalue weighted by atomic mass is 35.5. The molecule has 0 unspecified atom stereocenters. The number of hydrogen-bond acceptors (Lipinski definition) is 4. The summed E-state index contributed by atoms with van der Waals surface area (Å²) < 4.78 is 5.35. The number of aromatic carboxylic acids is 1. The minimum atomic E-state index is -1.12. The molecule has 3 N–H and O–H groups in total. The Balaban J connectivity index is 2.02. The zero-order valence-electron chi connectivity index (χ0n) is 13.2. The molecule has 0 aromatic heterocycles. The number of halogens is 1. The third kappa shape index (κ3) is 5.17. The monoisotopic (exact) mass is 378 g/mol. The molecule has 2 aromatic rings. The van der Waals surface area contributed by atoms with E-state index < -0.39 is 11.9 Å². The second-order valence-corrected chi connectivity index (χ2v) is 5.68. The van der Waals surface area contributed by atoms with Crippen molar-refractivity contribution < 1.29 is 19.4 Å². The molecule has 1 amide bonds. The standard InChI is InChI=1S/C17H15ClN2O4S/c1-2-24-12-5-3-4-10(8-12)15(21)20-17(25)19-11-6-7-13(16(22)23)14(18)9-11/h3-9H,2H2,1H3,(H,22,23)(H2,19,20,21,25). The van der Waals surface area contributed by atoms with Gasteiger partial charge in [-0.05, 0) is 55.5 Å². The Morgan fingerprint density at radius 1 is 1.24 bits per heavy atom. The average molecular weight is 379 g/mol. The van der Waals surface area contributed by atoms with E-state index in [2.05, 4.69) is 10.6 Å². The Morgan fingerprint density at radius 3 is 2.64 bits per heavy atom. The Morgan fingerprint density at radius 2 is 2.00 bits per heavy atom. The van der Waals surface area contributed by atoms with Crippen LogP contribution in [0.5, 0.6) is 5.75 Å². The minimum absolute atomic E-state index is 0.0186. The first-order valence-electron chi connectivity index (χ1n) is 7.28. The lowest BCUT2D eigenvalue weighted by atomic mass is 10.2. The number of ether oxygens (including phenoxy) is 1. The number of carbonyl (C=O) groups is 2. The summed E-state index contributed by atoms with van der Waals surface area (Å²) in [7, 11) is 0. The summed E-state index contributed by atoms with van der Waals surface area (Å²) in [6.45, 7) is 2.35. The van der Waals surface area contributed by atoms with Gasteiger partial charge in [0.2, 0.25) is 0 Å². The minimum Gasteiger partial charge on any atom is -0.494 e. The third-order valence-corrected chi connectivity index (χ3v) is 3.61. The van der Waals surface area contributed by atoms with E-state index in [-0.39, 0.29) is 15.7 Å². The number of carboxylic acid groups (broad SMARTS) is 1. The number of amides is 1. The van der Waals surface area contributed by atoms with Gasteiger partial charge in [0.25, 0.3) is 5.91 Å². The molecule has 0 atom stereocenters. The lowest BCUT2D eigenvalue weighted by Gasteiger charge is -2.11. The summed E-state index contributed by atoms with van der Waals surface area (Å²) in [6.07, 6.45) is 0. The maximum Gasteiger partial charge on any atom is 0.337 e. The SMILES string of the molecule is CCOc1cccc(C(=O)NC(=S)Nc2ccc(C(=O)O)c(Cl)c2)c1. The molecule has 2 rings (SSSR count). The molecule has 0 aliphatic carbocycles. The molecule has 0 aliphatic heterocycles. The molecule has 0 fully saturated rings. The maximum absolute atomic E-state index is 12.2. The van der Waals surface area contributed by atoms with E-state index in [0.29, 0.717) is 23.6 Å². The summed E-state index contributed by atoms with van der Waals surface area (Å²) >= 11 is 11.0. The van der Waals surface area contributed by atoms with Crippen molar-refractivity contribution >= 4 is 46.5 Å². The number of nitrogens with one attached hydrogen (secondary N) is 2. The van der Waals surface area contributed by atoms with Crippen LogP contribution in [0.1, 0.15) is 27.6 Å². The van der Waals surface area contributed by atoms with Crippen LogP contribution in [0, 0.1) is 0 Å². The van der Waals surface area contributed by atoms with Crippen LogP contribution in [0.25, 0.3) is 0 Å². The van der Waals surface area contributed by atoms with E-state index in [4.69, 9.17) is 33.7 Å². The average Bonchev–Trinajstić information content (AvgIpc) is 2.55. The molecular formula is C17H15ClN2O4S. The van der Waals surface area contributed by atoms with Gasteiger partial charge >= 0.3 is 5.97 Å². The summed E-state index contributed by atoms with van der Waals surface area (Å²) in [5.74, 6) is -0.931. The van der Waals surface area contributed by atoms with Crippen molar-refractivity contribution in [1.82, 2.24) is 5.32 Å². The molecule has 25 heavy (non-hydrogen) atoms. The number of benzene rings is 2. The number of thiocarbonyl (C=S) groups is 1. The zero-order chi connectivity index (χ0) is 18.4. The highest BCUT2D eigenvalue weighted by molar-refractivity contribution is 7.80. The largest absolute Gasteiger partial charge is 0.494 e. The summed E-state index contributed by atoms with van der Waals surface area (Å²) in [5, 5.41) is 14.4. The maximum atomic E-state index is 12.2. The van der Waals surface area contributed by atoms with E-state index in [0.717, 1.165) is 0 Å². The van der Waals surface area contributed by atoms with Crippen molar-refractivity contribution in [2.45, 2.75) is 6.92 Å². The second kappa shape index (κ2) is 8.46.